The van der Waals surface area contributed by atoms with Crippen LogP contribution >= 0.6 is 0 Å². The highest BCUT2D eigenvalue weighted by molar-refractivity contribution is 5.92. The molecule has 0 aliphatic rings. The summed E-state index contributed by atoms with van der Waals surface area (Å²) in [7, 11) is 0. The number of aliphatic hydroxyl groups is 1. The first-order valence-electron chi connectivity index (χ1n) is 1.95. The molecule has 4 heteroatoms. The summed E-state index contributed by atoms with van der Waals surface area (Å²) < 4.78 is 0. The highest BCUT2D eigenvalue weighted by atomic mass is 16.2. The van der Waals surface area contributed by atoms with Crippen molar-refractivity contribution in [2.75, 3.05) is 0 Å². The fourth-order valence-electron chi connectivity index (χ4n) is 0.198. The van der Waals surface area contributed by atoms with Crippen molar-refractivity contribution >= 4 is 5.78 Å². The maximum atomic E-state index is 10.2. The Morgan fingerprint density at radius 1 is 1.88 bits per heavy atom. The van der Waals surface area contributed by atoms with Crippen molar-refractivity contribution in [1.29, 1.82) is 5.53 Å². The van der Waals surface area contributed by atoms with Crippen LogP contribution in [0.4, 0.5) is 0 Å². The van der Waals surface area contributed by atoms with Crippen LogP contribution in [0.1, 0.15) is 6.92 Å². The first-order chi connectivity index (χ1) is 3.72. The molecule has 0 amide bonds. The number of carbonyl (C=O) groups excluding carboxylic acids is 1. The second kappa shape index (κ2) is 2.90. The number of nitrogens with zero attached hydrogens (tertiary/aromatic N) is 1. The molecule has 0 atom stereocenters. The maximum absolute atomic E-state index is 10.2. The standard InChI is InChI=1S/C4H6N2O2/c1-3(8)4(2-7)6-5/h2,5,7H,1H3/b4-2-,6-5?. The van der Waals surface area contributed by atoms with Crippen LogP contribution in [-0.4, -0.2) is 10.9 Å². The highest BCUT2D eigenvalue weighted by Gasteiger charge is 1.98. The minimum atomic E-state index is -0.414. The van der Waals surface area contributed by atoms with E-state index in [9.17, 15) is 4.79 Å². The van der Waals surface area contributed by atoms with Crippen LogP contribution in [-0.2, 0) is 4.79 Å². The van der Waals surface area contributed by atoms with Gasteiger partial charge in [-0.2, -0.15) is 5.11 Å². The van der Waals surface area contributed by atoms with E-state index in [-0.39, 0.29) is 5.70 Å². The topological polar surface area (TPSA) is 73.5 Å². The van der Waals surface area contributed by atoms with Crippen molar-refractivity contribution < 1.29 is 9.90 Å². The summed E-state index contributed by atoms with van der Waals surface area (Å²) in [5.41, 5.74) is 6.03. The molecule has 8 heavy (non-hydrogen) atoms. The minimum absolute atomic E-state index is 0.231. The maximum Gasteiger partial charge on any atom is 0.183 e. The second-order valence-electron chi connectivity index (χ2n) is 1.18. The largest absolute Gasteiger partial charge is 0.513 e. The smallest absolute Gasteiger partial charge is 0.183 e. The van der Waals surface area contributed by atoms with Gasteiger partial charge in [-0.05, 0) is 0 Å². The molecular formula is C4H6N2O2. The van der Waals surface area contributed by atoms with E-state index in [0.29, 0.717) is 6.26 Å². The number of allylic oxidation sites excluding steroid dienone is 1. The van der Waals surface area contributed by atoms with Gasteiger partial charge in [-0.1, -0.05) is 0 Å². The fourth-order valence-corrected chi connectivity index (χ4v) is 0.198. The van der Waals surface area contributed by atoms with Crippen molar-refractivity contribution in [2.24, 2.45) is 5.11 Å². The minimum Gasteiger partial charge on any atom is -0.513 e. The van der Waals surface area contributed by atoms with E-state index in [2.05, 4.69) is 5.11 Å². The van der Waals surface area contributed by atoms with Gasteiger partial charge in [0.05, 0.1) is 0 Å². The van der Waals surface area contributed by atoms with Crippen molar-refractivity contribution in [3.05, 3.63) is 12.0 Å². The monoisotopic (exact) mass is 114 g/mol. The average molecular weight is 114 g/mol. The molecule has 0 spiro atoms. The molecule has 0 bridgehead atoms. The summed E-state index contributed by atoms with van der Waals surface area (Å²) in [6.07, 6.45) is 0.509. The predicted octanol–water partition coefficient (Wildman–Crippen LogP) is 1.01. The van der Waals surface area contributed by atoms with Crippen LogP contribution < -0.4 is 0 Å². The molecule has 0 unspecified atom stereocenters. The Morgan fingerprint density at radius 2 is 2.38 bits per heavy atom. The van der Waals surface area contributed by atoms with Crippen molar-refractivity contribution in [2.45, 2.75) is 6.92 Å². The van der Waals surface area contributed by atoms with Gasteiger partial charge in [-0.3, -0.25) is 4.79 Å². The number of hydrogen-bond acceptors (Lipinski definition) is 4. The molecule has 0 rings (SSSR count). The summed E-state index contributed by atoms with van der Waals surface area (Å²) in [4.78, 5) is 10.2. The van der Waals surface area contributed by atoms with E-state index in [0.717, 1.165) is 0 Å². The van der Waals surface area contributed by atoms with E-state index in [1.165, 1.54) is 6.92 Å². The molecular weight excluding hydrogens is 108 g/mol. The lowest BCUT2D eigenvalue weighted by atomic mass is 10.4. The van der Waals surface area contributed by atoms with Gasteiger partial charge in [-0.15, -0.1) is 0 Å². The number of ketones is 1. The molecule has 0 aliphatic carbocycles. The Balaban J connectivity index is 4.13. The number of aliphatic hydroxyl groups excluding tert-OH is 1. The number of carbonyl (C=O) groups is 1. The van der Waals surface area contributed by atoms with Crippen LogP contribution in [0.3, 0.4) is 0 Å². The third kappa shape index (κ3) is 1.51. The van der Waals surface area contributed by atoms with Crippen LogP contribution in [0, 0.1) is 5.53 Å². The predicted molar refractivity (Wildman–Crippen MR) is 26.5 cm³/mol. The zero-order valence-electron chi connectivity index (χ0n) is 4.38. The lowest BCUT2D eigenvalue weighted by Crippen LogP contribution is -1.90. The van der Waals surface area contributed by atoms with Crippen molar-refractivity contribution in [3.63, 3.8) is 0 Å². The number of rotatable bonds is 2. The van der Waals surface area contributed by atoms with Gasteiger partial charge >= 0.3 is 0 Å². The van der Waals surface area contributed by atoms with E-state index in [1.807, 2.05) is 0 Å². The quantitative estimate of drug-likeness (QED) is 0.319. The third-order valence-electron chi connectivity index (χ3n) is 0.603. The lowest BCUT2D eigenvalue weighted by molar-refractivity contribution is -0.113. The van der Waals surface area contributed by atoms with Crippen LogP contribution in [0.25, 0.3) is 0 Å². The number of hydrogen-bond donors (Lipinski definition) is 2. The normalized spacial score (nSPS) is 10.9. The Bertz CT molecular complexity index is 139. The Hall–Kier alpha value is -1.19. The van der Waals surface area contributed by atoms with Gasteiger partial charge < -0.3 is 5.11 Å². The zero-order valence-corrected chi connectivity index (χ0v) is 4.38. The molecule has 4 nitrogen and oxygen atoms in total. The molecule has 0 aromatic rings. The number of Topliss-reactive ketones (excluding diaryl/α,β-unsaturated/α-hetero) is 1. The van der Waals surface area contributed by atoms with Crippen LogP contribution in [0.2, 0.25) is 0 Å². The van der Waals surface area contributed by atoms with E-state index >= 15 is 0 Å². The summed E-state index contributed by atoms with van der Waals surface area (Å²) in [5.74, 6) is -0.414. The third-order valence-corrected chi connectivity index (χ3v) is 0.603. The Kier molecular flexibility index (Phi) is 2.47. The highest BCUT2D eigenvalue weighted by Crippen LogP contribution is 1.93. The van der Waals surface area contributed by atoms with E-state index in [4.69, 9.17) is 10.6 Å². The van der Waals surface area contributed by atoms with Crippen LogP contribution in [0.15, 0.2) is 17.1 Å². The summed E-state index contributed by atoms with van der Waals surface area (Å²) in [5, 5.41) is 10.8. The van der Waals surface area contributed by atoms with Gasteiger partial charge in [0.25, 0.3) is 0 Å². The summed E-state index contributed by atoms with van der Waals surface area (Å²) >= 11 is 0. The first-order valence-corrected chi connectivity index (χ1v) is 1.95. The van der Waals surface area contributed by atoms with Crippen LogP contribution in [0.5, 0.6) is 0 Å². The molecule has 0 heterocycles. The molecule has 0 saturated heterocycles. The average Bonchev–Trinajstić information content (AvgIpc) is 1.69. The summed E-state index contributed by atoms with van der Waals surface area (Å²) in [6.45, 7) is 1.22. The van der Waals surface area contributed by atoms with Gasteiger partial charge in [0.2, 0.25) is 0 Å². The van der Waals surface area contributed by atoms with Crippen molar-refractivity contribution in [3.8, 4) is 0 Å². The number of nitrogens with one attached hydrogen (secondary N) is 1. The lowest BCUT2D eigenvalue weighted by Gasteiger charge is -1.84. The molecule has 0 aliphatic heterocycles. The Labute approximate surface area is 46.3 Å². The van der Waals surface area contributed by atoms with Gasteiger partial charge in [0.1, 0.15) is 6.26 Å². The van der Waals surface area contributed by atoms with Crippen molar-refractivity contribution in [1.82, 2.24) is 0 Å². The second-order valence-corrected chi connectivity index (χ2v) is 1.18. The van der Waals surface area contributed by atoms with Gasteiger partial charge in [-0.25, -0.2) is 5.53 Å². The molecule has 0 saturated carbocycles. The summed E-state index contributed by atoms with van der Waals surface area (Å²) in [6, 6.07) is 0. The molecule has 0 aromatic carbocycles. The molecule has 44 valence electrons. The molecule has 0 aromatic heterocycles. The molecule has 0 radical (unpaired) electrons. The van der Waals surface area contributed by atoms with Gasteiger partial charge in [0.15, 0.2) is 11.5 Å². The van der Waals surface area contributed by atoms with E-state index in [1.54, 1.807) is 0 Å². The SMILES string of the molecule is CC(=O)/C(=C/O)N=N. The first kappa shape index (κ1) is 6.81. The molecule has 0 fully saturated rings. The Morgan fingerprint density at radius 3 is 2.38 bits per heavy atom. The molecule has 2 N–H and O–H groups in total. The fraction of sp³-hybridized carbons (Fsp3) is 0.250. The zero-order chi connectivity index (χ0) is 6.57. The van der Waals surface area contributed by atoms with E-state index < -0.39 is 5.78 Å². The van der Waals surface area contributed by atoms with Gasteiger partial charge in [0, 0.05) is 6.92 Å².